The van der Waals surface area contributed by atoms with Crippen LogP contribution in [0, 0.1) is 6.92 Å². The van der Waals surface area contributed by atoms with Gasteiger partial charge in [0.15, 0.2) is 0 Å². The summed E-state index contributed by atoms with van der Waals surface area (Å²) in [6, 6.07) is 17.2. The van der Waals surface area contributed by atoms with Gasteiger partial charge in [-0.05, 0) is 30.9 Å². The molecule has 0 unspecified atom stereocenters. The highest BCUT2D eigenvalue weighted by atomic mass is 15.3. The number of hydrogen-bond donors (Lipinski definition) is 1. The van der Waals surface area contributed by atoms with Crippen LogP contribution in [0.15, 0.2) is 48.5 Å². The Morgan fingerprint density at radius 3 is 2.54 bits per heavy atom. The van der Waals surface area contributed by atoms with Crippen molar-refractivity contribution in [2.24, 2.45) is 0 Å². The third kappa shape index (κ3) is 2.41. The Labute approximate surface area is 143 Å². The van der Waals surface area contributed by atoms with Crippen molar-refractivity contribution in [2.45, 2.75) is 33.1 Å². The fourth-order valence-corrected chi connectivity index (χ4v) is 3.46. The lowest BCUT2D eigenvalue weighted by molar-refractivity contribution is 0.812. The molecule has 3 nitrogen and oxygen atoms in total. The molecule has 2 aromatic carbocycles. The first kappa shape index (κ1) is 15.0. The Balaban J connectivity index is 1.90. The largest absolute Gasteiger partial charge is 0.369 e. The fourth-order valence-electron chi connectivity index (χ4n) is 3.46. The molecule has 2 heterocycles. The summed E-state index contributed by atoms with van der Waals surface area (Å²) >= 11 is 0. The highest BCUT2D eigenvalue weighted by Gasteiger charge is 2.25. The van der Waals surface area contributed by atoms with Gasteiger partial charge in [0.25, 0.3) is 0 Å². The van der Waals surface area contributed by atoms with E-state index in [2.05, 4.69) is 79.3 Å². The summed E-state index contributed by atoms with van der Waals surface area (Å²) < 4.78 is 2.10. The van der Waals surface area contributed by atoms with Crippen molar-refractivity contribution in [3.63, 3.8) is 0 Å². The number of para-hydroxylation sites is 1. The van der Waals surface area contributed by atoms with Crippen molar-refractivity contribution in [2.75, 3.05) is 11.9 Å². The molecule has 0 spiro atoms. The molecule has 1 aromatic heterocycles. The summed E-state index contributed by atoms with van der Waals surface area (Å²) in [5.74, 6) is 1.61. The molecular weight excluding hydrogens is 294 g/mol. The summed E-state index contributed by atoms with van der Waals surface area (Å²) in [7, 11) is 0. The Hall–Kier alpha value is -2.55. The summed E-state index contributed by atoms with van der Waals surface area (Å²) in [4.78, 5) is 0. The minimum absolute atomic E-state index is 0.463. The number of fused-ring (bicyclic) bond motifs is 1. The molecule has 0 saturated carbocycles. The van der Waals surface area contributed by atoms with E-state index in [1.165, 1.54) is 27.9 Å². The molecule has 0 atom stereocenters. The third-order valence-electron chi connectivity index (χ3n) is 4.76. The van der Waals surface area contributed by atoms with Crippen LogP contribution in [0.5, 0.6) is 0 Å². The van der Waals surface area contributed by atoms with Gasteiger partial charge in [-0.3, -0.25) is 0 Å². The second kappa shape index (κ2) is 5.82. The maximum atomic E-state index is 5.00. The van der Waals surface area contributed by atoms with Crippen LogP contribution in [0.3, 0.4) is 0 Å². The summed E-state index contributed by atoms with van der Waals surface area (Å²) in [6.07, 6.45) is 1.03. The number of benzene rings is 2. The van der Waals surface area contributed by atoms with Crippen LogP contribution in [0.25, 0.3) is 16.9 Å². The van der Waals surface area contributed by atoms with Gasteiger partial charge in [0.05, 0.1) is 11.4 Å². The van der Waals surface area contributed by atoms with Crippen LogP contribution in [-0.2, 0) is 6.42 Å². The minimum atomic E-state index is 0.463. The van der Waals surface area contributed by atoms with E-state index in [4.69, 9.17) is 5.10 Å². The van der Waals surface area contributed by atoms with Crippen LogP contribution < -0.4 is 5.32 Å². The Bertz CT molecular complexity index is 873. The maximum Gasteiger partial charge on any atom is 0.133 e. The van der Waals surface area contributed by atoms with E-state index in [-0.39, 0.29) is 0 Å². The molecule has 0 amide bonds. The average Bonchev–Trinajstić information content (AvgIpc) is 3.18. The lowest BCUT2D eigenvalue weighted by Gasteiger charge is -2.14. The van der Waals surface area contributed by atoms with Crippen LogP contribution in [-0.4, -0.2) is 16.3 Å². The normalized spacial score (nSPS) is 13.2. The van der Waals surface area contributed by atoms with Crippen LogP contribution in [0.1, 0.15) is 36.5 Å². The maximum absolute atomic E-state index is 5.00. The molecule has 3 aromatic rings. The van der Waals surface area contributed by atoms with Crippen molar-refractivity contribution in [3.8, 4) is 16.9 Å². The van der Waals surface area contributed by atoms with E-state index >= 15 is 0 Å². The van der Waals surface area contributed by atoms with E-state index in [0.29, 0.717) is 5.92 Å². The highest BCUT2D eigenvalue weighted by molar-refractivity contribution is 5.73. The zero-order chi connectivity index (χ0) is 16.7. The average molecular weight is 317 g/mol. The van der Waals surface area contributed by atoms with Crippen molar-refractivity contribution in [1.82, 2.24) is 9.78 Å². The van der Waals surface area contributed by atoms with Gasteiger partial charge >= 0.3 is 0 Å². The van der Waals surface area contributed by atoms with Gasteiger partial charge in [0.1, 0.15) is 5.82 Å². The molecule has 0 bridgehead atoms. The van der Waals surface area contributed by atoms with Crippen LogP contribution in [0.2, 0.25) is 0 Å². The molecule has 1 aliphatic heterocycles. The molecule has 0 fully saturated rings. The van der Waals surface area contributed by atoms with Gasteiger partial charge in [0, 0.05) is 17.7 Å². The second-order valence-corrected chi connectivity index (χ2v) is 6.84. The Kier molecular flexibility index (Phi) is 3.64. The monoisotopic (exact) mass is 317 g/mol. The SMILES string of the molecule is Cc1ccc(-c2nn(-c3ccccc3C(C)C)c3c2CCN3)cc1. The number of nitrogens with one attached hydrogen (secondary N) is 1. The summed E-state index contributed by atoms with van der Waals surface area (Å²) in [6.45, 7) is 7.57. The van der Waals surface area contributed by atoms with Crippen molar-refractivity contribution >= 4 is 5.82 Å². The zero-order valence-corrected chi connectivity index (χ0v) is 14.5. The number of aromatic nitrogens is 2. The molecule has 4 rings (SSSR count). The first-order chi connectivity index (χ1) is 11.6. The minimum Gasteiger partial charge on any atom is -0.369 e. The number of nitrogens with zero attached hydrogens (tertiary/aromatic N) is 2. The van der Waals surface area contributed by atoms with Crippen LogP contribution in [0.4, 0.5) is 5.82 Å². The van der Waals surface area contributed by atoms with Gasteiger partial charge in [-0.15, -0.1) is 0 Å². The topological polar surface area (TPSA) is 29.9 Å². The lowest BCUT2D eigenvalue weighted by Crippen LogP contribution is -2.07. The standard InChI is InChI=1S/C21H23N3/c1-14(2)17-6-4-5-7-19(17)24-21-18(12-13-22-21)20(23-24)16-10-8-15(3)9-11-16/h4-11,14,22H,12-13H2,1-3H3. The van der Waals surface area contributed by atoms with Crippen molar-refractivity contribution in [1.29, 1.82) is 0 Å². The summed E-state index contributed by atoms with van der Waals surface area (Å²) in [5.41, 5.74) is 7.41. The van der Waals surface area contributed by atoms with Crippen LogP contribution >= 0.6 is 0 Å². The molecule has 1 aliphatic rings. The van der Waals surface area contributed by atoms with Gasteiger partial charge in [-0.1, -0.05) is 61.9 Å². The molecule has 3 heteroatoms. The third-order valence-corrected chi connectivity index (χ3v) is 4.76. The smallest absolute Gasteiger partial charge is 0.133 e. The lowest BCUT2D eigenvalue weighted by atomic mass is 10.0. The van der Waals surface area contributed by atoms with E-state index in [1.807, 2.05) is 0 Å². The molecule has 122 valence electrons. The van der Waals surface area contributed by atoms with Crippen molar-refractivity contribution < 1.29 is 0 Å². The van der Waals surface area contributed by atoms with Crippen molar-refractivity contribution in [3.05, 3.63) is 65.2 Å². The Morgan fingerprint density at radius 2 is 1.79 bits per heavy atom. The van der Waals surface area contributed by atoms with E-state index in [0.717, 1.165) is 24.5 Å². The molecule has 1 N–H and O–H groups in total. The van der Waals surface area contributed by atoms with Gasteiger partial charge < -0.3 is 5.32 Å². The number of rotatable bonds is 3. The quantitative estimate of drug-likeness (QED) is 0.741. The second-order valence-electron chi connectivity index (χ2n) is 6.84. The number of anilines is 1. The van der Waals surface area contributed by atoms with E-state index in [1.54, 1.807) is 0 Å². The molecule has 24 heavy (non-hydrogen) atoms. The number of aryl methyl sites for hydroxylation is 1. The van der Waals surface area contributed by atoms with Gasteiger partial charge in [-0.25, -0.2) is 4.68 Å². The highest BCUT2D eigenvalue weighted by Crippen LogP contribution is 2.36. The molecule has 0 aliphatic carbocycles. The molecule has 0 saturated heterocycles. The number of hydrogen-bond acceptors (Lipinski definition) is 2. The first-order valence-corrected chi connectivity index (χ1v) is 8.67. The molecule has 0 radical (unpaired) electrons. The predicted octanol–water partition coefficient (Wildman–Crippen LogP) is 4.94. The van der Waals surface area contributed by atoms with E-state index < -0.39 is 0 Å². The zero-order valence-electron chi connectivity index (χ0n) is 14.5. The van der Waals surface area contributed by atoms with Gasteiger partial charge in [0.2, 0.25) is 0 Å². The molecular formula is C21H23N3. The first-order valence-electron chi connectivity index (χ1n) is 8.67. The fraction of sp³-hybridized carbons (Fsp3) is 0.286. The Morgan fingerprint density at radius 1 is 1.04 bits per heavy atom. The predicted molar refractivity (Wildman–Crippen MR) is 100 cm³/mol. The van der Waals surface area contributed by atoms with E-state index in [9.17, 15) is 0 Å². The van der Waals surface area contributed by atoms with Gasteiger partial charge in [-0.2, -0.15) is 5.10 Å². The summed E-state index contributed by atoms with van der Waals surface area (Å²) in [5, 5.41) is 8.53.